The van der Waals surface area contributed by atoms with Crippen molar-refractivity contribution in [3.05, 3.63) is 48.5 Å². The lowest BCUT2D eigenvalue weighted by atomic mass is 10.2. The second kappa shape index (κ2) is 6.11. The molecule has 1 aliphatic heterocycles. The Hall–Kier alpha value is -2.47. The summed E-state index contributed by atoms with van der Waals surface area (Å²) in [6, 6.07) is 11.3. The summed E-state index contributed by atoms with van der Waals surface area (Å²) in [5.74, 6) is 0.990. The van der Waals surface area contributed by atoms with Crippen LogP contribution in [-0.4, -0.2) is 50.6 Å². The molecule has 1 aliphatic carbocycles. The number of hydrogen-bond donors (Lipinski definition) is 0. The van der Waals surface area contributed by atoms with E-state index < -0.39 is 0 Å². The normalized spacial score (nSPS) is 18.8. The van der Waals surface area contributed by atoms with Crippen LogP contribution in [0.15, 0.2) is 43.0 Å². The number of benzene rings is 1. The minimum Gasteiger partial charge on any atom is -0.352 e. The van der Waals surface area contributed by atoms with Gasteiger partial charge in [0.25, 0.3) is 0 Å². The number of rotatable bonds is 4. The van der Waals surface area contributed by atoms with Crippen molar-refractivity contribution in [3.63, 3.8) is 0 Å². The molecular formula is C19H22N6. The van der Waals surface area contributed by atoms with Crippen LogP contribution in [0.4, 0.5) is 5.82 Å². The van der Waals surface area contributed by atoms with Gasteiger partial charge in [0.1, 0.15) is 6.33 Å². The quantitative estimate of drug-likeness (QED) is 0.734. The molecule has 1 saturated carbocycles. The van der Waals surface area contributed by atoms with Gasteiger partial charge in [0, 0.05) is 38.8 Å². The highest BCUT2D eigenvalue weighted by molar-refractivity contribution is 5.83. The molecular weight excluding hydrogens is 312 g/mol. The SMILES string of the molecule is c1ccc(CN2CCN(c3ncnc4c3ncn4C3CC3)CC2)cc1. The van der Waals surface area contributed by atoms with Crippen molar-refractivity contribution in [3.8, 4) is 0 Å². The molecule has 0 amide bonds. The standard InChI is InChI=1S/C19H22N6/c1-2-4-15(5-3-1)12-23-8-10-24(11-9-23)18-17-19(21-13-20-18)25(14-22-17)16-6-7-16/h1-5,13-14,16H,6-12H2. The molecule has 25 heavy (non-hydrogen) atoms. The third-order valence-electron chi connectivity index (χ3n) is 5.20. The molecule has 3 aromatic rings. The van der Waals surface area contributed by atoms with E-state index in [1.165, 1.54) is 18.4 Å². The highest BCUT2D eigenvalue weighted by atomic mass is 15.3. The van der Waals surface area contributed by atoms with Crippen LogP contribution >= 0.6 is 0 Å². The van der Waals surface area contributed by atoms with E-state index in [1.54, 1.807) is 6.33 Å². The van der Waals surface area contributed by atoms with Gasteiger partial charge in [-0.1, -0.05) is 30.3 Å². The van der Waals surface area contributed by atoms with Crippen LogP contribution in [0, 0.1) is 0 Å². The Morgan fingerprint density at radius 2 is 1.72 bits per heavy atom. The summed E-state index contributed by atoms with van der Waals surface area (Å²) in [6.45, 7) is 5.07. The van der Waals surface area contributed by atoms with E-state index in [0.717, 1.165) is 49.7 Å². The van der Waals surface area contributed by atoms with E-state index in [-0.39, 0.29) is 0 Å². The molecule has 0 unspecified atom stereocenters. The first-order valence-electron chi connectivity index (χ1n) is 9.07. The van der Waals surface area contributed by atoms with Gasteiger partial charge in [-0.2, -0.15) is 0 Å². The zero-order valence-electron chi connectivity index (χ0n) is 14.3. The summed E-state index contributed by atoms with van der Waals surface area (Å²) in [5.41, 5.74) is 3.31. The smallest absolute Gasteiger partial charge is 0.165 e. The molecule has 0 bridgehead atoms. The van der Waals surface area contributed by atoms with Crippen molar-refractivity contribution in [2.45, 2.75) is 25.4 Å². The molecule has 0 atom stereocenters. The molecule has 2 aliphatic rings. The van der Waals surface area contributed by atoms with Crippen molar-refractivity contribution >= 4 is 17.0 Å². The fourth-order valence-electron chi connectivity index (χ4n) is 3.65. The summed E-state index contributed by atoms with van der Waals surface area (Å²) in [6.07, 6.45) is 6.10. The van der Waals surface area contributed by atoms with E-state index in [0.29, 0.717) is 6.04 Å². The molecule has 2 aromatic heterocycles. The van der Waals surface area contributed by atoms with Crippen molar-refractivity contribution in [2.75, 3.05) is 31.1 Å². The minimum absolute atomic E-state index is 0.593. The summed E-state index contributed by atoms with van der Waals surface area (Å²) in [7, 11) is 0. The first kappa shape index (κ1) is 14.8. The lowest BCUT2D eigenvalue weighted by molar-refractivity contribution is 0.249. The maximum Gasteiger partial charge on any atom is 0.165 e. The molecule has 1 aromatic carbocycles. The number of hydrogen-bond acceptors (Lipinski definition) is 5. The van der Waals surface area contributed by atoms with Gasteiger partial charge in [-0.15, -0.1) is 0 Å². The molecule has 3 heterocycles. The monoisotopic (exact) mass is 334 g/mol. The second-order valence-corrected chi connectivity index (χ2v) is 7.00. The number of anilines is 1. The summed E-state index contributed by atoms with van der Waals surface area (Å²) >= 11 is 0. The van der Waals surface area contributed by atoms with Gasteiger partial charge in [0.05, 0.1) is 6.33 Å². The average Bonchev–Trinajstić information content (AvgIpc) is 3.42. The molecule has 1 saturated heterocycles. The van der Waals surface area contributed by atoms with Crippen LogP contribution in [0.2, 0.25) is 0 Å². The Morgan fingerprint density at radius 3 is 2.48 bits per heavy atom. The van der Waals surface area contributed by atoms with Gasteiger partial charge in [-0.25, -0.2) is 15.0 Å². The highest BCUT2D eigenvalue weighted by Gasteiger charge is 2.27. The number of imidazole rings is 1. The first-order chi connectivity index (χ1) is 12.4. The fraction of sp³-hybridized carbons (Fsp3) is 0.421. The van der Waals surface area contributed by atoms with Gasteiger partial charge < -0.3 is 9.47 Å². The second-order valence-electron chi connectivity index (χ2n) is 7.00. The van der Waals surface area contributed by atoms with Crippen LogP contribution in [0.5, 0.6) is 0 Å². The third kappa shape index (κ3) is 2.87. The summed E-state index contributed by atoms with van der Waals surface area (Å²) in [5, 5.41) is 0. The van der Waals surface area contributed by atoms with Crippen molar-refractivity contribution in [1.29, 1.82) is 0 Å². The highest BCUT2D eigenvalue weighted by Crippen LogP contribution is 2.37. The molecule has 6 nitrogen and oxygen atoms in total. The van der Waals surface area contributed by atoms with Crippen molar-refractivity contribution in [1.82, 2.24) is 24.4 Å². The van der Waals surface area contributed by atoms with E-state index in [4.69, 9.17) is 0 Å². The molecule has 0 N–H and O–H groups in total. The summed E-state index contributed by atoms with van der Waals surface area (Å²) < 4.78 is 2.21. The lowest BCUT2D eigenvalue weighted by Gasteiger charge is -2.35. The van der Waals surface area contributed by atoms with E-state index >= 15 is 0 Å². The first-order valence-corrected chi connectivity index (χ1v) is 9.07. The van der Waals surface area contributed by atoms with Gasteiger partial charge in [0.2, 0.25) is 0 Å². The van der Waals surface area contributed by atoms with Crippen LogP contribution in [0.25, 0.3) is 11.2 Å². The van der Waals surface area contributed by atoms with Crippen LogP contribution in [0.1, 0.15) is 24.4 Å². The molecule has 0 radical (unpaired) electrons. The molecule has 6 heteroatoms. The predicted octanol–water partition coefficient (Wildman–Crippen LogP) is 2.48. The van der Waals surface area contributed by atoms with Gasteiger partial charge in [-0.3, -0.25) is 4.90 Å². The van der Waals surface area contributed by atoms with Gasteiger partial charge in [0.15, 0.2) is 17.0 Å². The summed E-state index contributed by atoms with van der Waals surface area (Å²) in [4.78, 5) is 18.5. The molecule has 0 spiro atoms. The number of aromatic nitrogens is 4. The Balaban J connectivity index is 1.31. The van der Waals surface area contributed by atoms with Gasteiger partial charge >= 0.3 is 0 Å². The van der Waals surface area contributed by atoms with E-state index in [2.05, 4.69) is 59.7 Å². The zero-order chi connectivity index (χ0) is 16.6. The van der Waals surface area contributed by atoms with E-state index in [9.17, 15) is 0 Å². The Kier molecular flexibility index (Phi) is 3.63. The topological polar surface area (TPSA) is 50.1 Å². The van der Waals surface area contributed by atoms with Crippen LogP contribution in [-0.2, 0) is 6.54 Å². The van der Waals surface area contributed by atoms with Gasteiger partial charge in [-0.05, 0) is 18.4 Å². The predicted molar refractivity (Wildman–Crippen MR) is 97.5 cm³/mol. The Morgan fingerprint density at radius 1 is 0.920 bits per heavy atom. The largest absolute Gasteiger partial charge is 0.352 e. The minimum atomic E-state index is 0.593. The maximum absolute atomic E-state index is 4.62. The van der Waals surface area contributed by atoms with Crippen molar-refractivity contribution < 1.29 is 0 Å². The van der Waals surface area contributed by atoms with Crippen molar-refractivity contribution in [2.24, 2.45) is 0 Å². The lowest BCUT2D eigenvalue weighted by Crippen LogP contribution is -2.46. The molecule has 128 valence electrons. The zero-order valence-corrected chi connectivity index (χ0v) is 14.3. The number of nitrogens with zero attached hydrogens (tertiary/aromatic N) is 6. The average molecular weight is 334 g/mol. The van der Waals surface area contributed by atoms with E-state index in [1.807, 2.05) is 6.33 Å². The third-order valence-corrected chi connectivity index (χ3v) is 5.20. The maximum atomic E-state index is 4.62. The number of fused-ring (bicyclic) bond motifs is 1. The van der Waals surface area contributed by atoms with Crippen LogP contribution < -0.4 is 4.90 Å². The molecule has 2 fully saturated rings. The van der Waals surface area contributed by atoms with Crippen LogP contribution in [0.3, 0.4) is 0 Å². The Labute approximate surface area is 147 Å². The Bertz CT molecular complexity index is 862. The number of piperazine rings is 1. The molecule has 5 rings (SSSR count). The fourth-order valence-corrected chi connectivity index (χ4v) is 3.65.